The fourth-order valence-electron chi connectivity index (χ4n) is 3.67. The maximum atomic E-state index is 14.5. The molecule has 0 amide bonds. The highest BCUT2D eigenvalue weighted by molar-refractivity contribution is 5.98. The van der Waals surface area contributed by atoms with E-state index in [1.807, 2.05) is 24.3 Å². The molecular formula is C25H20F2N6O. The number of H-pyrrole nitrogens is 1. The monoisotopic (exact) mass is 458 g/mol. The Balaban J connectivity index is 1.49. The molecule has 1 aromatic carbocycles. The molecule has 4 aromatic heterocycles. The Hall–Kier alpha value is -4.37. The number of aromatic nitrogens is 4. The molecule has 0 aliphatic rings. The number of aromatic amines is 1. The first-order valence-electron chi connectivity index (χ1n) is 10.5. The number of nitrogens with one attached hydrogen (secondary N) is 2. The van der Waals surface area contributed by atoms with Crippen molar-refractivity contribution in [3.05, 3.63) is 96.2 Å². The molecule has 0 saturated carbocycles. The van der Waals surface area contributed by atoms with Crippen LogP contribution in [-0.4, -0.2) is 19.9 Å². The Kier molecular flexibility index (Phi) is 5.84. The van der Waals surface area contributed by atoms with E-state index < -0.39 is 17.4 Å². The van der Waals surface area contributed by atoms with E-state index in [4.69, 9.17) is 10.5 Å². The molecule has 5 aromatic rings. The van der Waals surface area contributed by atoms with Crippen LogP contribution in [0.3, 0.4) is 0 Å². The van der Waals surface area contributed by atoms with Gasteiger partial charge in [-0.15, -0.1) is 0 Å². The van der Waals surface area contributed by atoms with Gasteiger partial charge in [0.1, 0.15) is 17.2 Å². The van der Waals surface area contributed by atoms with Crippen molar-refractivity contribution in [2.45, 2.75) is 13.1 Å². The average Bonchev–Trinajstić information content (AvgIpc) is 3.31. The van der Waals surface area contributed by atoms with Crippen LogP contribution in [0.25, 0.3) is 22.2 Å². The Bertz CT molecular complexity index is 1430. The number of nitrogens with zero attached hydrogens (tertiary/aromatic N) is 3. The van der Waals surface area contributed by atoms with Crippen LogP contribution in [0.2, 0.25) is 0 Å². The Morgan fingerprint density at radius 2 is 1.79 bits per heavy atom. The molecule has 170 valence electrons. The van der Waals surface area contributed by atoms with E-state index in [9.17, 15) is 8.78 Å². The Labute approximate surface area is 193 Å². The molecule has 0 aliphatic carbocycles. The van der Waals surface area contributed by atoms with Crippen molar-refractivity contribution < 1.29 is 13.5 Å². The van der Waals surface area contributed by atoms with Gasteiger partial charge in [0.2, 0.25) is 0 Å². The fourth-order valence-corrected chi connectivity index (χ4v) is 3.67. The molecule has 0 fully saturated rings. The summed E-state index contributed by atoms with van der Waals surface area (Å²) in [5.74, 6) is -1.22. The van der Waals surface area contributed by atoms with Crippen molar-refractivity contribution in [3.8, 4) is 22.6 Å². The highest BCUT2D eigenvalue weighted by atomic mass is 19.1. The second-order valence-corrected chi connectivity index (χ2v) is 7.57. The minimum Gasteiger partial charge on any atom is -0.450 e. The summed E-state index contributed by atoms with van der Waals surface area (Å²) in [7, 11) is 0. The molecule has 0 atom stereocenters. The molecule has 0 spiro atoms. The van der Waals surface area contributed by atoms with Crippen molar-refractivity contribution in [1.29, 1.82) is 0 Å². The van der Waals surface area contributed by atoms with Crippen molar-refractivity contribution in [1.82, 2.24) is 19.9 Å². The van der Waals surface area contributed by atoms with E-state index in [0.717, 1.165) is 28.8 Å². The zero-order chi connectivity index (χ0) is 23.5. The van der Waals surface area contributed by atoms with Gasteiger partial charge in [0.05, 0.1) is 5.39 Å². The van der Waals surface area contributed by atoms with Crippen molar-refractivity contribution in [2.24, 2.45) is 5.73 Å². The minimum atomic E-state index is -0.826. The molecule has 34 heavy (non-hydrogen) atoms. The second-order valence-electron chi connectivity index (χ2n) is 7.57. The van der Waals surface area contributed by atoms with Crippen molar-refractivity contribution >= 4 is 16.9 Å². The highest BCUT2D eigenvalue weighted by Crippen LogP contribution is 2.38. The number of rotatable bonds is 7. The van der Waals surface area contributed by atoms with Gasteiger partial charge in [-0.3, -0.25) is 4.98 Å². The van der Waals surface area contributed by atoms with Gasteiger partial charge in [-0.2, -0.15) is 0 Å². The Morgan fingerprint density at radius 1 is 0.971 bits per heavy atom. The lowest BCUT2D eigenvalue weighted by Crippen LogP contribution is -2.01. The van der Waals surface area contributed by atoms with Crippen LogP contribution in [0, 0.1) is 11.6 Å². The number of fused-ring (bicyclic) bond motifs is 1. The number of benzene rings is 1. The van der Waals surface area contributed by atoms with E-state index in [1.165, 1.54) is 6.20 Å². The third kappa shape index (κ3) is 4.28. The quantitative estimate of drug-likeness (QED) is 0.311. The van der Waals surface area contributed by atoms with Crippen LogP contribution in [-0.2, 0) is 13.1 Å². The number of pyridine rings is 3. The van der Waals surface area contributed by atoms with Gasteiger partial charge in [-0.05, 0) is 53.1 Å². The summed E-state index contributed by atoms with van der Waals surface area (Å²) in [4.78, 5) is 15.9. The largest absolute Gasteiger partial charge is 0.450 e. The van der Waals surface area contributed by atoms with E-state index in [2.05, 4.69) is 25.3 Å². The van der Waals surface area contributed by atoms with E-state index in [0.29, 0.717) is 29.0 Å². The van der Waals surface area contributed by atoms with E-state index >= 15 is 0 Å². The predicted molar refractivity (Wildman–Crippen MR) is 125 cm³/mol. The number of hydrogen-bond acceptors (Lipinski definition) is 6. The van der Waals surface area contributed by atoms with Crippen molar-refractivity contribution in [2.75, 3.05) is 5.32 Å². The number of hydrogen-bond donors (Lipinski definition) is 3. The average molecular weight is 458 g/mol. The van der Waals surface area contributed by atoms with Gasteiger partial charge in [0, 0.05) is 49.6 Å². The molecule has 7 nitrogen and oxygen atoms in total. The first-order valence-corrected chi connectivity index (χ1v) is 10.5. The summed E-state index contributed by atoms with van der Waals surface area (Å²) in [5, 5.41) is 3.87. The SMILES string of the molecule is NCc1cc(F)c(Oc2ccnc3[nH]cc(-c4ccnc(NCc5cccnc5)c4)c23)c(F)c1. The summed E-state index contributed by atoms with van der Waals surface area (Å²) in [6.45, 7) is 0.584. The molecule has 4 heterocycles. The lowest BCUT2D eigenvalue weighted by Gasteiger charge is -2.12. The summed E-state index contributed by atoms with van der Waals surface area (Å²) in [6, 6.07) is 11.5. The summed E-state index contributed by atoms with van der Waals surface area (Å²) in [5.41, 5.74) is 8.96. The molecule has 0 bridgehead atoms. The van der Waals surface area contributed by atoms with Crippen LogP contribution in [0.5, 0.6) is 11.5 Å². The van der Waals surface area contributed by atoms with Crippen LogP contribution in [0.15, 0.2) is 73.4 Å². The Morgan fingerprint density at radius 3 is 2.56 bits per heavy atom. The number of halogens is 2. The number of nitrogens with two attached hydrogens (primary N) is 1. The zero-order valence-electron chi connectivity index (χ0n) is 17.9. The van der Waals surface area contributed by atoms with Gasteiger partial charge in [-0.1, -0.05) is 6.07 Å². The zero-order valence-corrected chi connectivity index (χ0v) is 17.9. The molecule has 0 aliphatic heterocycles. The van der Waals surface area contributed by atoms with Crippen LogP contribution in [0.4, 0.5) is 14.6 Å². The maximum Gasteiger partial charge on any atom is 0.198 e. The van der Waals surface area contributed by atoms with E-state index in [1.54, 1.807) is 30.9 Å². The lowest BCUT2D eigenvalue weighted by atomic mass is 10.1. The topological polar surface area (TPSA) is 102 Å². The smallest absolute Gasteiger partial charge is 0.198 e. The third-order valence-corrected chi connectivity index (χ3v) is 5.31. The van der Waals surface area contributed by atoms with Crippen LogP contribution < -0.4 is 15.8 Å². The normalized spacial score (nSPS) is 11.0. The standard InChI is InChI=1S/C25H20F2N6O/c26-19-8-16(11-28)9-20(27)24(19)34-21-4-7-31-25-23(21)18(14-33-25)17-3-6-30-22(10-17)32-13-15-2-1-5-29-12-15/h1-10,12,14H,11,13,28H2,(H,30,32)(H,31,33). The number of anilines is 1. The number of ether oxygens (including phenoxy) is 1. The van der Waals surface area contributed by atoms with E-state index in [-0.39, 0.29) is 12.3 Å². The minimum absolute atomic E-state index is 0.0226. The van der Waals surface area contributed by atoms with Crippen LogP contribution in [0.1, 0.15) is 11.1 Å². The fraction of sp³-hybridized carbons (Fsp3) is 0.0800. The van der Waals surface area contributed by atoms with Gasteiger partial charge in [0.25, 0.3) is 0 Å². The molecule has 4 N–H and O–H groups in total. The molecule has 5 rings (SSSR count). The van der Waals surface area contributed by atoms with Crippen LogP contribution >= 0.6 is 0 Å². The van der Waals surface area contributed by atoms with Gasteiger partial charge >= 0.3 is 0 Å². The van der Waals surface area contributed by atoms with Gasteiger partial charge in [0.15, 0.2) is 17.4 Å². The second kappa shape index (κ2) is 9.24. The van der Waals surface area contributed by atoms with Crippen molar-refractivity contribution in [3.63, 3.8) is 0 Å². The lowest BCUT2D eigenvalue weighted by molar-refractivity contribution is 0.409. The molecular weight excluding hydrogens is 438 g/mol. The third-order valence-electron chi connectivity index (χ3n) is 5.31. The predicted octanol–water partition coefficient (Wildman–Crippen LogP) is 5.16. The highest BCUT2D eigenvalue weighted by Gasteiger charge is 2.18. The first kappa shape index (κ1) is 21.5. The summed E-state index contributed by atoms with van der Waals surface area (Å²) in [6.07, 6.45) is 8.47. The maximum absolute atomic E-state index is 14.5. The van der Waals surface area contributed by atoms with Gasteiger partial charge < -0.3 is 20.8 Å². The first-order chi connectivity index (χ1) is 16.6. The molecule has 0 unspecified atom stereocenters. The summed E-state index contributed by atoms with van der Waals surface area (Å²) < 4.78 is 34.8. The molecule has 0 saturated heterocycles. The summed E-state index contributed by atoms with van der Waals surface area (Å²) >= 11 is 0. The molecule has 0 radical (unpaired) electrons. The molecule has 9 heteroatoms. The van der Waals surface area contributed by atoms with Gasteiger partial charge in [-0.25, -0.2) is 18.7 Å².